The lowest BCUT2D eigenvalue weighted by Gasteiger charge is -1.99. The Kier molecular flexibility index (Phi) is 3.48. The van der Waals surface area contributed by atoms with Crippen LogP contribution in [0.5, 0.6) is 11.5 Å². The van der Waals surface area contributed by atoms with Crippen LogP contribution in [-0.4, -0.2) is 10.2 Å². The first-order valence-electron chi connectivity index (χ1n) is 5.26. The molecule has 0 aliphatic carbocycles. The molecule has 18 heavy (non-hydrogen) atoms. The van der Waals surface area contributed by atoms with E-state index in [0.29, 0.717) is 11.4 Å². The van der Waals surface area contributed by atoms with E-state index < -0.39 is 0 Å². The van der Waals surface area contributed by atoms with Gasteiger partial charge in [-0.1, -0.05) is 11.6 Å². The number of phenolic OH excluding ortho intramolecular Hbond substituents is 2. The van der Waals surface area contributed by atoms with Gasteiger partial charge in [-0.05, 0) is 48.9 Å². The van der Waals surface area contributed by atoms with E-state index in [1.807, 2.05) is 0 Å². The third kappa shape index (κ3) is 2.78. The topological polar surface area (TPSA) is 65.2 Å². The van der Waals surface area contributed by atoms with Crippen molar-refractivity contribution >= 4 is 23.0 Å². The molecule has 0 atom stereocenters. The number of azo groups is 1. The van der Waals surface area contributed by atoms with Crippen LogP contribution in [0.15, 0.2) is 46.6 Å². The van der Waals surface area contributed by atoms with Gasteiger partial charge in [-0.2, -0.15) is 10.2 Å². The van der Waals surface area contributed by atoms with Crippen LogP contribution in [0.3, 0.4) is 0 Å². The molecular weight excluding hydrogens is 252 g/mol. The molecule has 0 saturated heterocycles. The van der Waals surface area contributed by atoms with Crippen molar-refractivity contribution in [2.75, 3.05) is 0 Å². The maximum absolute atomic E-state index is 9.38. The Morgan fingerprint density at radius 1 is 0.889 bits per heavy atom. The number of hydrogen-bond acceptors (Lipinski definition) is 4. The molecule has 5 heteroatoms. The fraction of sp³-hybridized carbons (Fsp3) is 0.0769. The van der Waals surface area contributed by atoms with Gasteiger partial charge in [-0.3, -0.25) is 0 Å². The average Bonchev–Trinajstić information content (AvgIpc) is 2.35. The van der Waals surface area contributed by atoms with Crippen molar-refractivity contribution in [3.8, 4) is 11.5 Å². The summed E-state index contributed by atoms with van der Waals surface area (Å²) in [7, 11) is 0. The summed E-state index contributed by atoms with van der Waals surface area (Å²) in [6.45, 7) is 1.78. The quantitative estimate of drug-likeness (QED) is 0.784. The van der Waals surface area contributed by atoms with E-state index in [2.05, 4.69) is 10.2 Å². The van der Waals surface area contributed by atoms with Crippen LogP contribution in [0, 0.1) is 6.92 Å². The molecule has 0 bridgehead atoms. The zero-order valence-corrected chi connectivity index (χ0v) is 10.4. The van der Waals surface area contributed by atoms with Gasteiger partial charge in [0.05, 0.1) is 16.4 Å². The van der Waals surface area contributed by atoms with Crippen LogP contribution in [-0.2, 0) is 0 Å². The van der Waals surface area contributed by atoms with Gasteiger partial charge < -0.3 is 10.2 Å². The number of nitrogens with zero attached hydrogens (tertiary/aromatic N) is 2. The van der Waals surface area contributed by atoms with Crippen LogP contribution in [0.1, 0.15) is 5.56 Å². The number of hydrogen-bond donors (Lipinski definition) is 2. The van der Waals surface area contributed by atoms with E-state index in [1.54, 1.807) is 31.2 Å². The van der Waals surface area contributed by atoms with Crippen molar-refractivity contribution in [1.29, 1.82) is 0 Å². The Hall–Kier alpha value is -2.07. The van der Waals surface area contributed by atoms with Gasteiger partial charge in [-0.15, -0.1) is 0 Å². The van der Waals surface area contributed by atoms with E-state index in [4.69, 9.17) is 11.6 Å². The first kappa shape index (κ1) is 12.4. The number of aryl methyl sites for hydroxylation is 1. The minimum atomic E-state index is 0.0103. The summed E-state index contributed by atoms with van der Waals surface area (Å²) >= 11 is 5.76. The van der Waals surface area contributed by atoms with Gasteiger partial charge in [0.2, 0.25) is 0 Å². The van der Waals surface area contributed by atoms with Crippen LogP contribution in [0.2, 0.25) is 5.02 Å². The molecule has 0 spiro atoms. The monoisotopic (exact) mass is 262 g/mol. The van der Waals surface area contributed by atoms with Crippen LogP contribution in [0.4, 0.5) is 11.4 Å². The third-order valence-corrected chi connectivity index (χ3v) is 2.70. The van der Waals surface area contributed by atoms with Crippen molar-refractivity contribution in [2.24, 2.45) is 10.2 Å². The molecule has 0 aliphatic heterocycles. The molecule has 0 unspecified atom stereocenters. The molecule has 0 aliphatic rings. The molecule has 2 N–H and O–H groups in total. The van der Waals surface area contributed by atoms with Gasteiger partial charge in [0, 0.05) is 0 Å². The van der Waals surface area contributed by atoms with Crippen LogP contribution < -0.4 is 0 Å². The van der Waals surface area contributed by atoms with Crippen molar-refractivity contribution < 1.29 is 10.2 Å². The van der Waals surface area contributed by atoms with E-state index in [-0.39, 0.29) is 16.5 Å². The largest absolute Gasteiger partial charge is 0.508 e. The fourth-order valence-corrected chi connectivity index (χ4v) is 1.55. The normalized spacial score (nSPS) is 11.0. The Balaban J connectivity index is 2.24. The standard InChI is InChI=1S/C13H11ClN2O2/c1-8-6-9(2-4-12(8)17)15-16-10-3-5-13(18)11(14)7-10/h2-7,17-18H,1H3. The molecule has 2 aromatic rings. The summed E-state index contributed by atoms with van der Waals surface area (Å²) < 4.78 is 0. The molecule has 0 saturated carbocycles. The van der Waals surface area contributed by atoms with E-state index in [9.17, 15) is 10.2 Å². The number of halogens is 1. The SMILES string of the molecule is Cc1cc(N=Nc2ccc(O)c(Cl)c2)ccc1O. The van der Waals surface area contributed by atoms with Gasteiger partial charge in [0.1, 0.15) is 11.5 Å². The number of benzene rings is 2. The van der Waals surface area contributed by atoms with Gasteiger partial charge in [-0.25, -0.2) is 0 Å². The van der Waals surface area contributed by atoms with Crippen LogP contribution in [0.25, 0.3) is 0 Å². The second-order valence-corrected chi connectivity index (χ2v) is 4.21. The summed E-state index contributed by atoms with van der Waals surface area (Å²) in [6, 6.07) is 9.53. The minimum absolute atomic E-state index is 0.0103. The Morgan fingerprint density at radius 3 is 2.00 bits per heavy atom. The van der Waals surface area contributed by atoms with Gasteiger partial charge >= 0.3 is 0 Å². The molecule has 4 nitrogen and oxygen atoms in total. The summed E-state index contributed by atoms with van der Waals surface area (Å²) in [5.41, 5.74) is 1.91. The molecule has 92 valence electrons. The first-order chi connectivity index (χ1) is 8.56. The molecular formula is C13H11ClN2O2. The van der Waals surface area contributed by atoms with Crippen molar-refractivity contribution in [3.63, 3.8) is 0 Å². The van der Waals surface area contributed by atoms with E-state index in [1.165, 1.54) is 12.1 Å². The maximum atomic E-state index is 9.38. The lowest BCUT2D eigenvalue weighted by Crippen LogP contribution is -1.73. The predicted octanol–water partition coefficient (Wildman–Crippen LogP) is 4.48. The average molecular weight is 263 g/mol. The van der Waals surface area contributed by atoms with E-state index in [0.717, 1.165) is 5.56 Å². The second kappa shape index (κ2) is 5.06. The highest BCUT2D eigenvalue weighted by Crippen LogP contribution is 2.29. The lowest BCUT2D eigenvalue weighted by atomic mass is 10.2. The molecule has 0 radical (unpaired) electrons. The zero-order chi connectivity index (χ0) is 13.1. The summed E-state index contributed by atoms with van der Waals surface area (Å²) in [5.74, 6) is 0.234. The van der Waals surface area contributed by atoms with Crippen molar-refractivity contribution in [1.82, 2.24) is 0 Å². The zero-order valence-electron chi connectivity index (χ0n) is 9.63. The lowest BCUT2D eigenvalue weighted by molar-refractivity contribution is 0.471. The maximum Gasteiger partial charge on any atom is 0.134 e. The highest BCUT2D eigenvalue weighted by Gasteiger charge is 2.00. The van der Waals surface area contributed by atoms with Crippen molar-refractivity contribution in [3.05, 3.63) is 47.0 Å². The Bertz CT molecular complexity index is 558. The highest BCUT2D eigenvalue weighted by atomic mass is 35.5. The summed E-state index contributed by atoms with van der Waals surface area (Å²) in [5, 5.41) is 26.9. The fourth-order valence-electron chi connectivity index (χ4n) is 1.38. The molecule has 2 rings (SSSR count). The molecule has 0 heterocycles. The number of rotatable bonds is 2. The number of phenols is 2. The first-order valence-corrected chi connectivity index (χ1v) is 5.64. The Morgan fingerprint density at radius 2 is 1.44 bits per heavy atom. The molecule has 0 aromatic heterocycles. The molecule has 0 fully saturated rings. The van der Waals surface area contributed by atoms with Crippen LogP contribution >= 0.6 is 11.6 Å². The predicted molar refractivity (Wildman–Crippen MR) is 70.1 cm³/mol. The summed E-state index contributed by atoms with van der Waals surface area (Å²) in [6.07, 6.45) is 0. The molecule has 2 aromatic carbocycles. The van der Waals surface area contributed by atoms with Gasteiger partial charge in [0.15, 0.2) is 0 Å². The smallest absolute Gasteiger partial charge is 0.134 e. The second-order valence-electron chi connectivity index (χ2n) is 3.81. The molecule has 0 amide bonds. The highest BCUT2D eigenvalue weighted by molar-refractivity contribution is 6.32. The third-order valence-electron chi connectivity index (χ3n) is 2.39. The van der Waals surface area contributed by atoms with E-state index >= 15 is 0 Å². The summed E-state index contributed by atoms with van der Waals surface area (Å²) in [4.78, 5) is 0. The number of aromatic hydroxyl groups is 2. The van der Waals surface area contributed by atoms with Gasteiger partial charge in [0.25, 0.3) is 0 Å². The minimum Gasteiger partial charge on any atom is -0.508 e. The van der Waals surface area contributed by atoms with Crippen molar-refractivity contribution in [2.45, 2.75) is 6.92 Å². The Labute approximate surface area is 109 Å².